The molecule has 0 spiro atoms. The Hall–Kier alpha value is -3.25. The minimum absolute atomic E-state index is 0.0404. The molecule has 6 heteroatoms. The van der Waals surface area contributed by atoms with Crippen LogP contribution in [0.4, 0.5) is 0 Å². The normalized spacial score (nSPS) is 15.7. The van der Waals surface area contributed by atoms with Crippen LogP contribution in [0.15, 0.2) is 78.9 Å². The highest BCUT2D eigenvalue weighted by Crippen LogP contribution is 2.39. The monoisotopic (exact) mass is 460 g/mol. The Kier molecular flexibility index (Phi) is 7.35. The van der Waals surface area contributed by atoms with E-state index in [1.165, 1.54) is 0 Å². The van der Waals surface area contributed by atoms with E-state index in [1.54, 1.807) is 11.8 Å². The third-order valence-electron chi connectivity index (χ3n) is 5.37. The van der Waals surface area contributed by atoms with Crippen molar-refractivity contribution in [3.05, 3.63) is 101 Å². The van der Waals surface area contributed by atoms with Gasteiger partial charge in [0.1, 0.15) is 11.1 Å². The molecule has 1 N–H and O–H groups in total. The van der Waals surface area contributed by atoms with Crippen molar-refractivity contribution in [3.8, 4) is 5.75 Å². The Labute approximate surface area is 199 Å². The molecule has 3 aromatic carbocycles. The van der Waals surface area contributed by atoms with E-state index in [0.717, 1.165) is 22.4 Å². The lowest BCUT2D eigenvalue weighted by Crippen LogP contribution is -2.27. The van der Waals surface area contributed by atoms with Gasteiger partial charge < -0.3 is 15.0 Å². The van der Waals surface area contributed by atoms with Crippen LogP contribution in [0.3, 0.4) is 0 Å². The van der Waals surface area contributed by atoms with Gasteiger partial charge in [-0.2, -0.15) is 0 Å². The van der Waals surface area contributed by atoms with Gasteiger partial charge in [0.05, 0.1) is 11.9 Å². The van der Waals surface area contributed by atoms with Gasteiger partial charge in [0.25, 0.3) is 5.91 Å². The number of rotatable bonds is 8. The van der Waals surface area contributed by atoms with Gasteiger partial charge in [0.15, 0.2) is 0 Å². The summed E-state index contributed by atoms with van der Waals surface area (Å²) in [5.74, 6) is 1.31. The summed E-state index contributed by atoms with van der Waals surface area (Å²) in [6.07, 6.45) is 0.129. The predicted molar refractivity (Wildman–Crippen MR) is 132 cm³/mol. The highest BCUT2D eigenvalue weighted by molar-refractivity contribution is 8.00. The molecular formula is C27H28N2O3S. The van der Waals surface area contributed by atoms with E-state index in [0.29, 0.717) is 24.4 Å². The third-order valence-corrected chi connectivity index (χ3v) is 6.63. The standard InChI is InChI=1S/C27H28N2O3S/c1-19(2)32-24-14-8-20(9-15-24)16-28-26(31)22-10-12-23(13-11-22)27-29(25(30)18-33-27)17-21-6-4-3-5-7-21/h3-15,19,27H,16-18H2,1-2H3,(H,28,31)/t27-/m0/s1. The van der Waals surface area contributed by atoms with Crippen LogP contribution >= 0.6 is 11.8 Å². The van der Waals surface area contributed by atoms with Gasteiger partial charge in [-0.15, -0.1) is 11.8 Å². The number of amides is 2. The molecule has 0 saturated carbocycles. The molecule has 2 amide bonds. The molecule has 1 aliphatic heterocycles. The van der Waals surface area contributed by atoms with Gasteiger partial charge in [-0.25, -0.2) is 0 Å². The lowest BCUT2D eigenvalue weighted by atomic mass is 10.1. The van der Waals surface area contributed by atoms with Crippen molar-refractivity contribution >= 4 is 23.6 Å². The zero-order valence-corrected chi connectivity index (χ0v) is 19.7. The molecule has 0 aliphatic carbocycles. The summed E-state index contributed by atoms with van der Waals surface area (Å²) < 4.78 is 5.65. The average molecular weight is 461 g/mol. The van der Waals surface area contributed by atoms with E-state index in [4.69, 9.17) is 4.74 Å². The van der Waals surface area contributed by atoms with E-state index in [1.807, 2.05) is 97.6 Å². The molecule has 3 aromatic rings. The maximum atomic E-state index is 12.6. The maximum Gasteiger partial charge on any atom is 0.251 e. The first-order valence-corrected chi connectivity index (χ1v) is 12.1. The Morgan fingerprint density at radius 2 is 1.70 bits per heavy atom. The van der Waals surface area contributed by atoms with Gasteiger partial charge in [-0.05, 0) is 54.8 Å². The Balaban J connectivity index is 1.36. The summed E-state index contributed by atoms with van der Waals surface area (Å²) in [4.78, 5) is 27.0. The minimum atomic E-state index is -0.125. The van der Waals surface area contributed by atoms with Crippen molar-refractivity contribution in [2.75, 3.05) is 5.75 Å². The quantitative estimate of drug-likeness (QED) is 0.503. The predicted octanol–water partition coefficient (Wildman–Crippen LogP) is 5.18. The summed E-state index contributed by atoms with van der Waals surface area (Å²) in [5, 5.41) is 2.92. The molecule has 1 fully saturated rings. The van der Waals surface area contributed by atoms with Crippen LogP contribution in [0.25, 0.3) is 0 Å². The number of hydrogen-bond donors (Lipinski definition) is 1. The van der Waals surface area contributed by atoms with Crippen molar-refractivity contribution in [1.29, 1.82) is 0 Å². The Morgan fingerprint density at radius 1 is 1.00 bits per heavy atom. The van der Waals surface area contributed by atoms with E-state index in [-0.39, 0.29) is 23.3 Å². The molecule has 1 aliphatic rings. The zero-order chi connectivity index (χ0) is 23.2. The molecule has 4 rings (SSSR count). The van der Waals surface area contributed by atoms with Crippen LogP contribution in [0, 0.1) is 0 Å². The number of thioether (sulfide) groups is 1. The number of nitrogens with zero attached hydrogens (tertiary/aromatic N) is 1. The van der Waals surface area contributed by atoms with Gasteiger partial charge in [0.2, 0.25) is 5.91 Å². The fourth-order valence-corrected chi connectivity index (χ4v) is 4.91. The minimum Gasteiger partial charge on any atom is -0.491 e. The summed E-state index contributed by atoms with van der Waals surface area (Å²) >= 11 is 1.62. The summed E-state index contributed by atoms with van der Waals surface area (Å²) in [6.45, 7) is 5.01. The van der Waals surface area contributed by atoms with Crippen LogP contribution in [-0.4, -0.2) is 28.6 Å². The van der Waals surface area contributed by atoms with Crippen LogP contribution < -0.4 is 10.1 Å². The summed E-state index contributed by atoms with van der Waals surface area (Å²) in [5.41, 5.74) is 3.74. The molecule has 170 valence electrons. The lowest BCUT2D eigenvalue weighted by molar-refractivity contribution is -0.128. The molecule has 5 nitrogen and oxygen atoms in total. The largest absolute Gasteiger partial charge is 0.491 e. The van der Waals surface area contributed by atoms with Crippen molar-refractivity contribution < 1.29 is 14.3 Å². The number of carbonyl (C=O) groups excluding carboxylic acids is 2. The second-order valence-corrected chi connectivity index (χ2v) is 9.35. The zero-order valence-electron chi connectivity index (χ0n) is 18.9. The number of ether oxygens (including phenoxy) is 1. The molecule has 0 aromatic heterocycles. The molecular weight excluding hydrogens is 432 g/mol. The second-order valence-electron chi connectivity index (χ2n) is 8.29. The molecule has 33 heavy (non-hydrogen) atoms. The maximum absolute atomic E-state index is 12.6. The fourth-order valence-electron chi connectivity index (χ4n) is 3.72. The highest BCUT2D eigenvalue weighted by atomic mass is 32.2. The van der Waals surface area contributed by atoms with Crippen LogP contribution in [0.1, 0.15) is 46.3 Å². The summed E-state index contributed by atoms with van der Waals surface area (Å²) in [6, 6.07) is 25.3. The van der Waals surface area contributed by atoms with Crippen LogP contribution in [0.2, 0.25) is 0 Å². The molecule has 1 atom stereocenters. The van der Waals surface area contributed by atoms with Crippen LogP contribution in [0.5, 0.6) is 5.75 Å². The number of hydrogen-bond acceptors (Lipinski definition) is 4. The first-order valence-electron chi connectivity index (χ1n) is 11.1. The van der Waals surface area contributed by atoms with Crippen LogP contribution in [-0.2, 0) is 17.9 Å². The Morgan fingerprint density at radius 3 is 2.36 bits per heavy atom. The van der Waals surface area contributed by atoms with Gasteiger partial charge in [0, 0.05) is 18.7 Å². The smallest absolute Gasteiger partial charge is 0.251 e. The van der Waals surface area contributed by atoms with Crippen molar-refractivity contribution in [1.82, 2.24) is 10.2 Å². The molecule has 1 heterocycles. The number of carbonyl (C=O) groups is 2. The second kappa shape index (κ2) is 10.6. The molecule has 0 unspecified atom stereocenters. The SMILES string of the molecule is CC(C)Oc1ccc(CNC(=O)c2ccc([C@@H]3SCC(=O)N3Cc3ccccc3)cc2)cc1. The van der Waals surface area contributed by atoms with Crippen molar-refractivity contribution in [2.24, 2.45) is 0 Å². The van der Waals surface area contributed by atoms with Crippen molar-refractivity contribution in [3.63, 3.8) is 0 Å². The first-order chi connectivity index (χ1) is 16.0. The van der Waals surface area contributed by atoms with E-state index in [2.05, 4.69) is 5.32 Å². The number of nitrogens with one attached hydrogen (secondary N) is 1. The van der Waals surface area contributed by atoms with Gasteiger partial charge >= 0.3 is 0 Å². The molecule has 0 bridgehead atoms. The fraction of sp³-hybridized carbons (Fsp3) is 0.259. The van der Waals surface area contributed by atoms with E-state index < -0.39 is 0 Å². The topological polar surface area (TPSA) is 58.6 Å². The first kappa shape index (κ1) is 22.9. The molecule has 0 radical (unpaired) electrons. The highest BCUT2D eigenvalue weighted by Gasteiger charge is 2.32. The third kappa shape index (κ3) is 5.96. The summed E-state index contributed by atoms with van der Waals surface area (Å²) in [7, 11) is 0. The molecule has 1 saturated heterocycles. The lowest BCUT2D eigenvalue weighted by Gasteiger charge is -2.24. The van der Waals surface area contributed by atoms with Gasteiger partial charge in [-0.1, -0.05) is 54.6 Å². The number of benzene rings is 3. The van der Waals surface area contributed by atoms with Crippen molar-refractivity contribution in [2.45, 2.75) is 38.4 Å². The van der Waals surface area contributed by atoms with Gasteiger partial charge in [-0.3, -0.25) is 9.59 Å². The van der Waals surface area contributed by atoms with E-state index in [9.17, 15) is 9.59 Å². The van der Waals surface area contributed by atoms with E-state index >= 15 is 0 Å². The average Bonchev–Trinajstić information content (AvgIpc) is 3.19. The Bertz CT molecular complexity index is 1080.